The van der Waals surface area contributed by atoms with Crippen molar-refractivity contribution in [3.63, 3.8) is 0 Å². The summed E-state index contributed by atoms with van der Waals surface area (Å²) in [6.07, 6.45) is 1.49. The van der Waals surface area contributed by atoms with Gasteiger partial charge >= 0.3 is 0 Å². The minimum Gasteiger partial charge on any atom is -0.328 e. The van der Waals surface area contributed by atoms with Crippen LogP contribution in [0, 0.1) is 13.8 Å². The quantitative estimate of drug-likeness (QED) is 0.915. The zero-order valence-corrected chi connectivity index (χ0v) is 11.8. The van der Waals surface area contributed by atoms with Gasteiger partial charge < -0.3 is 5.73 Å². The predicted molar refractivity (Wildman–Crippen MR) is 73.8 cm³/mol. The highest BCUT2D eigenvalue weighted by atomic mass is 32.1. The van der Waals surface area contributed by atoms with Gasteiger partial charge in [-0.1, -0.05) is 0 Å². The first-order valence-electron chi connectivity index (χ1n) is 6.03. The third kappa shape index (κ3) is 3.58. The fourth-order valence-electron chi connectivity index (χ4n) is 1.83. The fourth-order valence-corrected chi connectivity index (χ4v) is 2.60. The van der Waals surface area contributed by atoms with E-state index in [2.05, 4.69) is 15.0 Å². The van der Waals surface area contributed by atoms with Gasteiger partial charge in [-0.05, 0) is 26.8 Å². The maximum Gasteiger partial charge on any atom is 0.135 e. The van der Waals surface area contributed by atoms with Crippen molar-refractivity contribution in [1.29, 1.82) is 0 Å². The van der Waals surface area contributed by atoms with Gasteiger partial charge in [-0.15, -0.1) is 11.3 Å². The molecule has 0 saturated heterocycles. The average molecular weight is 262 g/mol. The van der Waals surface area contributed by atoms with E-state index in [1.165, 1.54) is 0 Å². The van der Waals surface area contributed by atoms with E-state index in [1.807, 2.05) is 32.2 Å². The smallest absolute Gasteiger partial charge is 0.135 e. The van der Waals surface area contributed by atoms with E-state index in [0.717, 1.165) is 34.3 Å². The molecule has 2 N–H and O–H groups in total. The van der Waals surface area contributed by atoms with E-state index in [1.54, 1.807) is 11.3 Å². The summed E-state index contributed by atoms with van der Waals surface area (Å²) in [5.74, 6) is 0.833. The van der Waals surface area contributed by atoms with Crippen molar-refractivity contribution in [3.05, 3.63) is 39.4 Å². The minimum atomic E-state index is 0.120. The van der Waals surface area contributed by atoms with E-state index in [9.17, 15) is 0 Å². The first-order chi connectivity index (χ1) is 8.52. The van der Waals surface area contributed by atoms with Crippen LogP contribution in [0.5, 0.6) is 0 Å². The molecule has 18 heavy (non-hydrogen) atoms. The van der Waals surface area contributed by atoms with Crippen molar-refractivity contribution in [3.8, 4) is 0 Å². The van der Waals surface area contributed by atoms with Crippen molar-refractivity contribution in [2.75, 3.05) is 0 Å². The Kier molecular flexibility index (Phi) is 4.04. The molecule has 0 bridgehead atoms. The molecule has 0 aliphatic heterocycles. The van der Waals surface area contributed by atoms with Crippen LogP contribution in [0.25, 0.3) is 0 Å². The van der Waals surface area contributed by atoms with Crippen LogP contribution in [0.4, 0.5) is 0 Å². The Morgan fingerprint density at radius 2 is 2.00 bits per heavy atom. The van der Waals surface area contributed by atoms with Gasteiger partial charge in [0, 0.05) is 34.9 Å². The van der Waals surface area contributed by atoms with Crippen LogP contribution < -0.4 is 5.73 Å². The second kappa shape index (κ2) is 5.54. The molecule has 0 spiro atoms. The molecular weight excluding hydrogens is 244 g/mol. The minimum absolute atomic E-state index is 0.120. The van der Waals surface area contributed by atoms with Crippen molar-refractivity contribution in [2.24, 2.45) is 5.73 Å². The Labute approximate surface area is 111 Å². The summed E-state index contributed by atoms with van der Waals surface area (Å²) in [5.41, 5.74) is 8.87. The zero-order valence-electron chi connectivity index (χ0n) is 11.0. The van der Waals surface area contributed by atoms with Gasteiger partial charge in [-0.2, -0.15) is 0 Å². The number of nitrogens with zero attached hydrogens (tertiary/aromatic N) is 3. The van der Waals surface area contributed by atoms with Crippen LogP contribution in [0.1, 0.15) is 34.8 Å². The number of aryl methyl sites for hydroxylation is 2. The average Bonchev–Trinajstić information content (AvgIpc) is 2.61. The summed E-state index contributed by atoms with van der Waals surface area (Å²) in [7, 11) is 0. The highest BCUT2D eigenvalue weighted by Gasteiger charge is 2.07. The summed E-state index contributed by atoms with van der Waals surface area (Å²) in [6, 6.07) is 2.12. The van der Waals surface area contributed by atoms with Gasteiger partial charge in [0.25, 0.3) is 0 Å². The molecule has 2 aromatic heterocycles. The molecule has 2 rings (SSSR count). The second-order valence-electron chi connectivity index (χ2n) is 4.66. The number of thiazole rings is 1. The zero-order chi connectivity index (χ0) is 13.1. The van der Waals surface area contributed by atoms with Gasteiger partial charge in [-0.25, -0.2) is 15.0 Å². The summed E-state index contributed by atoms with van der Waals surface area (Å²) in [5, 5.41) is 3.11. The molecule has 2 heterocycles. The lowest BCUT2D eigenvalue weighted by Gasteiger charge is -2.07. The molecule has 4 nitrogen and oxygen atoms in total. The summed E-state index contributed by atoms with van der Waals surface area (Å²) >= 11 is 1.65. The van der Waals surface area contributed by atoms with Crippen LogP contribution in [0.3, 0.4) is 0 Å². The molecule has 96 valence electrons. The number of hydrogen-bond donors (Lipinski definition) is 1. The third-order valence-corrected chi connectivity index (χ3v) is 3.43. The Balaban J connectivity index is 2.19. The molecule has 0 radical (unpaired) electrons. The fraction of sp³-hybridized carbons (Fsp3) is 0.462. The lowest BCUT2D eigenvalue weighted by molar-refractivity contribution is 0.711. The standard InChI is InChI=1S/C13H18N4S/c1-8(14)4-11-5-9(2)15-12(17-11)6-13-16-10(3)7-18-13/h5,7-8H,4,6,14H2,1-3H3. The number of rotatable bonds is 4. The van der Waals surface area contributed by atoms with E-state index in [0.29, 0.717) is 6.42 Å². The van der Waals surface area contributed by atoms with Crippen molar-refractivity contribution >= 4 is 11.3 Å². The van der Waals surface area contributed by atoms with Crippen LogP contribution in [0.15, 0.2) is 11.4 Å². The van der Waals surface area contributed by atoms with E-state index < -0.39 is 0 Å². The van der Waals surface area contributed by atoms with E-state index >= 15 is 0 Å². The van der Waals surface area contributed by atoms with Gasteiger partial charge in [-0.3, -0.25) is 0 Å². The maximum atomic E-state index is 5.81. The first-order valence-corrected chi connectivity index (χ1v) is 6.91. The van der Waals surface area contributed by atoms with Gasteiger partial charge in [0.15, 0.2) is 0 Å². The highest BCUT2D eigenvalue weighted by molar-refractivity contribution is 7.09. The van der Waals surface area contributed by atoms with Crippen LogP contribution in [-0.2, 0) is 12.8 Å². The highest BCUT2D eigenvalue weighted by Crippen LogP contribution is 2.13. The molecule has 0 saturated carbocycles. The summed E-state index contributed by atoms with van der Waals surface area (Å²) in [4.78, 5) is 13.5. The summed E-state index contributed by atoms with van der Waals surface area (Å²) < 4.78 is 0. The lowest BCUT2D eigenvalue weighted by atomic mass is 10.1. The Morgan fingerprint density at radius 1 is 1.22 bits per heavy atom. The van der Waals surface area contributed by atoms with Crippen LogP contribution in [0.2, 0.25) is 0 Å². The molecule has 0 amide bonds. The van der Waals surface area contributed by atoms with Crippen molar-refractivity contribution < 1.29 is 0 Å². The molecule has 0 aliphatic rings. The second-order valence-corrected chi connectivity index (χ2v) is 5.60. The molecule has 1 atom stereocenters. The molecule has 0 aliphatic carbocycles. The predicted octanol–water partition coefficient (Wildman–Crippen LogP) is 2.03. The SMILES string of the molecule is Cc1cc(CC(C)N)nc(Cc2nc(C)cs2)n1. The topological polar surface area (TPSA) is 64.7 Å². The molecule has 5 heteroatoms. The monoisotopic (exact) mass is 262 g/mol. The van der Waals surface area contributed by atoms with Crippen LogP contribution >= 0.6 is 11.3 Å². The first kappa shape index (κ1) is 13.1. The molecular formula is C13H18N4S. The maximum absolute atomic E-state index is 5.81. The molecule has 0 aromatic carbocycles. The Bertz CT molecular complexity index is 534. The molecule has 1 unspecified atom stereocenters. The van der Waals surface area contributed by atoms with Crippen LogP contribution in [-0.4, -0.2) is 21.0 Å². The number of aromatic nitrogens is 3. The Hall–Kier alpha value is -1.33. The van der Waals surface area contributed by atoms with Gasteiger partial charge in [0.05, 0.1) is 6.42 Å². The summed E-state index contributed by atoms with van der Waals surface area (Å²) in [6.45, 7) is 5.98. The van der Waals surface area contributed by atoms with Crippen molar-refractivity contribution in [2.45, 2.75) is 39.7 Å². The Morgan fingerprint density at radius 3 is 2.61 bits per heavy atom. The van der Waals surface area contributed by atoms with E-state index in [4.69, 9.17) is 5.73 Å². The van der Waals surface area contributed by atoms with Crippen molar-refractivity contribution in [1.82, 2.24) is 15.0 Å². The van der Waals surface area contributed by atoms with Gasteiger partial charge in [0.1, 0.15) is 10.8 Å². The van der Waals surface area contributed by atoms with Gasteiger partial charge in [0.2, 0.25) is 0 Å². The third-order valence-electron chi connectivity index (χ3n) is 2.46. The largest absolute Gasteiger partial charge is 0.328 e. The number of nitrogens with two attached hydrogens (primary N) is 1. The molecule has 2 aromatic rings. The normalized spacial score (nSPS) is 12.7. The molecule has 0 fully saturated rings. The lowest BCUT2D eigenvalue weighted by Crippen LogP contribution is -2.19. The van der Waals surface area contributed by atoms with E-state index in [-0.39, 0.29) is 6.04 Å². The number of hydrogen-bond acceptors (Lipinski definition) is 5.